The number of aliphatic hydroxyl groups is 1. The zero-order valence-electron chi connectivity index (χ0n) is 11.2. The number of methoxy groups -OCH3 is 2. The first-order valence-electron chi connectivity index (χ1n) is 6.18. The van der Waals surface area contributed by atoms with Crippen LogP contribution in [-0.4, -0.2) is 25.9 Å². The number of furan rings is 1. The molecule has 0 radical (unpaired) electrons. The average Bonchev–Trinajstić information content (AvgIpc) is 2.93. The summed E-state index contributed by atoms with van der Waals surface area (Å²) in [6.45, 7) is 0.188. The van der Waals surface area contributed by atoms with Crippen LogP contribution in [0.2, 0.25) is 0 Å². The normalized spacial score (nSPS) is 10.5. The van der Waals surface area contributed by atoms with Crippen molar-refractivity contribution in [2.24, 2.45) is 0 Å². The molecule has 0 amide bonds. The van der Waals surface area contributed by atoms with Gasteiger partial charge in [-0.3, -0.25) is 0 Å². The molecule has 0 aliphatic heterocycles. The number of hydrogen-bond donors (Lipinski definition) is 1. The lowest BCUT2D eigenvalue weighted by atomic mass is 10.1. The molecule has 0 atom stereocenters. The molecule has 19 heavy (non-hydrogen) atoms. The summed E-state index contributed by atoms with van der Waals surface area (Å²) in [4.78, 5) is 0. The summed E-state index contributed by atoms with van der Waals surface area (Å²) in [6.07, 6.45) is 3.26. The van der Waals surface area contributed by atoms with Crippen molar-refractivity contribution in [3.8, 4) is 22.8 Å². The van der Waals surface area contributed by atoms with Gasteiger partial charge in [0, 0.05) is 18.2 Å². The van der Waals surface area contributed by atoms with E-state index in [9.17, 15) is 0 Å². The molecule has 0 aliphatic rings. The van der Waals surface area contributed by atoms with Crippen molar-refractivity contribution in [2.75, 3.05) is 20.8 Å². The quantitative estimate of drug-likeness (QED) is 0.869. The predicted octanol–water partition coefficient (Wildman–Crippen LogP) is 2.89. The summed E-state index contributed by atoms with van der Waals surface area (Å²) in [5.41, 5.74) is 1.98. The number of hydrogen-bond acceptors (Lipinski definition) is 4. The Labute approximate surface area is 112 Å². The smallest absolute Gasteiger partial charge is 0.134 e. The highest BCUT2D eigenvalue weighted by Gasteiger charge is 2.08. The average molecular weight is 262 g/mol. The van der Waals surface area contributed by atoms with Gasteiger partial charge < -0.3 is 19.0 Å². The number of aliphatic hydroxyl groups excluding tert-OH is 1. The van der Waals surface area contributed by atoms with Gasteiger partial charge in [-0.1, -0.05) is 0 Å². The minimum atomic E-state index is 0.188. The van der Waals surface area contributed by atoms with E-state index in [0.29, 0.717) is 0 Å². The van der Waals surface area contributed by atoms with Crippen LogP contribution in [0.1, 0.15) is 12.0 Å². The summed E-state index contributed by atoms with van der Waals surface area (Å²) in [5, 5.41) is 8.82. The first kappa shape index (κ1) is 13.5. The maximum atomic E-state index is 8.82. The Kier molecular flexibility index (Phi) is 4.47. The lowest BCUT2D eigenvalue weighted by Gasteiger charge is -2.06. The Morgan fingerprint density at radius 3 is 2.32 bits per heavy atom. The molecule has 0 aliphatic carbocycles. The fraction of sp³-hybridized carbons (Fsp3) is 0.333. The van der Waals surface area contributed by atoms with E-state index in [2.05, 4.69) is 0 Å². The van der Waals surface area contributed by atoms with Crippen LogP contribution in [-0.2, 0) is 6.42 Å². The Morgan fingerprint density at radius 2 is 1.74 bits per heavy atom. The summed E-state index contributed by atoms with van der Waals surface area (Å²) < 4.78 is 16.0. The molecule has 0 fully saturated rings. The molecular formula is C15H18O4. The second-order valence-corrected chi connectivity index (χ2v) is 4.25. The molecule has 0 saturated carbocycles. The van der Waals surface area contributed by atoms with E-state index in [0.717, 1.165) is 41.2 Å². The van der Waals surface area contributed by atoms with Crippen molar-refractivity contribution in [2.45, 2.75) is 12.8 Å². The van der Waals surface area contributed by atoms with Gasteiger partial charge in [-0.05, 0) is 36.6 Å². The van der Waals surface area contributed by atoms with Gasteiger partial charge in [0.25, 0.3) is 0 Å². The SMILES string of the molecule is COc1cc(OC)cc(-c2cc(CCCO)co2)c1. The van der Waals surface area contributed by atoms with Crippen LogP contribution in [0.4, 0.5) is 0 Å². The molecule has 1 aromatic carbocycles. The van der Waals surface area contributed by atoms with Crippen LogP contribution in [0, 0.1) is 0 Å². The fourth-order valence-electron chi connectivity index (χ4n) is 1.89. The molecule has 1 N–H and O–H groups in total. The summed E-state index contributed by atoms with van der Waals surface area (Å²) in [6, 6.07) is 7.59. The second kappa shape index (κ2) is 6.29. The Bertz CT molecular complexity index is 508. The Morgan fingerprint density at radius 1 is 1.05 bits per heavy atom. The van der Waals surface area contributed by atoms with Gasteiger partial charge in [-0.2, -0.15) is 0 Å². The number of ether oxygens (including phenoxy) is 2. The van der Waals surface area contributed by atoms with E-state index >= 15 is 0 Å². The molecule has 0 bridgehead atoms. The van der Waals surface area contributed by atoms with E-state index in [4.69, 9.17) is 19.0 Å². The van der Waals surface area contributed by atoms with Gasteiger partial charge in [0.1, 0.15) is 17.3 Å². The van der Waals surface area contributed by atoms with Crippen LogP contribution in [0.15, 0.2) is 34.9 Å². The maximum absolute atomic E-state index is 8.82. The third kappa shape index (κ3) is 3.29. The zero-order chi connectivity index (χ0) is 13.7. The molecule has 102 valence electrons. The van der Waals surface area contributed by atoms with E-state index in [-0.39, 0.29) is 6.61 Å². The highest BCUT2D eigenvalue weighted by atomic mass is 16.5. The fourth-order valence-corrected chi connectivity index (χ4v) is 1.89. The molecule has 0 saturated heterocycles. The van der Waals surface area contributed by atoms with E-state index < -0.39 is 0 Å². The highest BCUT2D eigenvalue weighted by Crippen LogP contribution is 2.31. The van der Waals surface area contributed by atoms with Crippen LogP contribution in [0.25, 0.3) is 11.3 Å². The van der Waals surface area contributed by atoms with Gasteiger partial charge in [0.2, 0.25) is 0 Å². The van der Waals surface area contributed by atoms with Crippen LogP contribution < -0.4 is 9.47 Å². The van der Waals surface area contributed by atoms with Crippen molar-refractivity contribution >= 4 is 0 Å². The van der Waals surface area contributed by atoms with Crippen LogP contribution >= 0.6 is 0 Å². The van der Waals surface area contributed by atoms with Gasteiger partial charge >= 0.3 is 0 Å². The van der Waals surface area contributed by atoms with Gasteiger partial charge in [0.05, 0.1) is 20.5 Å². The van der Waals surface area contributed by atoms with Gasteiger partial charge in [-0.25, -0.2) is 0 Å². The van der Waals surface area contributed by atoms with Crippen molar-refractivity contribution in [3.05, 3.63) is 36.1 Å². The third-order valence-electron chi connectivity index (χ3n) is 2.91. The minimum Gasteiger partial charge on any atom is -0.497 e. The standard InChI is InChI=1S/C15H18O4/c1-17-13-7-12(8-14(9-13)18-2)15-6-11(10-19-15)4-3-5-16/h6-10,16H,3-5H2,1-2H3. The van der Waals surface area contributed by atoms with E-state index in [1.807, 2.05) is 24.3 Å². The predicted molar refractivity (Wildman–Crippen MR) is 72.7 cm³/mol. The Hall–Kier alpha value is -1.94. The lowest BCUT2D eigenvalue weighted by molar-refractivity contribution is 0.288. The van der Waals surface area contributed by atoms with Gasteiger partial charge in [-0.15, -0.1) is 0 Å². The minimum absolute atomic E-state index is 0.188. The topological polar surface area (TPSA) is 51.8 Å². The van der Waals surface area contributed by atoms with E-state index in [1.54, 1.807) is 20.5 Å². The zero-order valence-corrected chi connectivity index (χ0v) is 11.2. The number of benzene rings is 1. The number of aryl methyl sites for hydroxylation is 1. The van der Waals surface area contributed by atoms with Crippen LogP contribution in [0.3, 0.4) is 0 Å². The molecule has 0 unspecified atom stereocenters. The molecule has 1 heterocycles. The summed E-state index contributed by atoms with van der Waals surface area (Å²) >= 11 is 0. The van der Waals surface area contributed by atoms with Gasteiger partial charge in [0.15, 0.2) is 0 Å². The van der Waals surface area contributed by atoms with Crippen molar-refractivity contribution in [3.63, 3.8) is 0 Å². The summed E-state index contributed by atoms with van der Waals surface area (Å²) in [5.74, 6) is 2.22. The van der Waals surface area contributed by atoms with Crippen LogP contribution in [0.5, 0.6) is 11.5 Å². The lowest BCUT2D eigenvalue weighted by Crippen LogP contribution is -1.88. The maximum Gasteiger partial charge on any atom is 0.134 e. The molecule has 1 aromatic heterocycles. The van der Waals surface area contributed by atoms with E-state index in [1.165, 1.54) is 0 Å². The van der Waals surface area contributed by atoms with Crippen molar-refractivity contribution < 1.29 is 19.0 Å². The van der Waals surface area contributed by atoms with Crippen molar-refractivity contribution in [1.82, 2.24) is 0 Å². The van der Waals surface area contributed by atoms with Crippen molar-refractivity contribution in [1.29, 1.82) is 0 Å². The molecule has 0 spiro atoms. The summed E-state index contributed by atoms with van der Waals surface area (Å²) in [7, 11) is 3.24. The third-order valence-corrected chi connectivity index (χ3v) is 2.91. The second-order valence-electron chi connectivity index (χ2n) is 4.25. The first-order chi connectivity index (χ1) is 9.26. The molecular weight excluding hydrogens is 244 g/mol. The Balaban J connectivity index is 2.27. The monoisotopic (exact) mass is 262 g/mol. The largest absolute Gasteiger partial charge is 0.497 e. The number of rotatable bonds is 6. The molecule has 4 nitrogen and oxygen atoms in total. The molecule has 4 heteroatoms. The molecule has 2 rings (SSSR count). The first-order valence-corrected chi connectivity index (χ1v) is 6.18. The molecule has 2 aromatic rings. The highest BCUT2D eigenvalue weighted by molar-refractivity contribution is 5.63.